The number of epoxide rings is 1. The average molecular weight is 190 g/mol. The quantitative estimate of drug-likeness (QED) is 0.631. The maximum atomic E-state index is 12.0. The summed E-state index contributed by atoms with van der Waals surface area (Å²) in [5.74, 6) is 0. The zero-order valence-corrected chi connectivity index (χ0v) is 6.38. The van der Waals surface area contributed by atoms with Crippen LogP contribution in [0, 0.1) is 0 Å². The summed E-state index contributed by atoms with van der Waals surface area (Å²) < 4.78 is 40.8. The second-order valence-corrected chi connectivity index (χ2v) is 2.66. The molecule has 1 aromatic rings. The molecule has 0 aliphatic carbocycles. The molecule has 1 atom stereocenters. The van der Waals surface area contributed by atoms with Crippen LogP contribution in [0.2, 0.25) is 0 Å². The zero-order valence-electron chi connectivity index (χ0n) is 6.38. The zero-order chi connectivity index (χ0) is 9.47. The van der Waals surface area contributed by atoms with Crippen molar-refractivity contribution >= 4 is 0 Å². The van der Waals surface area contributed by atoms with Gasteiger partial charge >= 0.3 is 6.18 Å². The van der Waals surface area contributed by atoms with Crippen molar-refractivity contribution in [2.24, 2.45) is 0 Å². The van der Waals surface area contributed by atoms with E-state index in [-0.39, 0.29) is 6.10 Å². The summed E-state index contributed by atoms with van der Waals surface area (Å²) in [7, 11) is 0. The summed E-state index contributed by atoms with van der Waals surface area (Å²) in [5.41, 5.74) is -0.523. The molecule has 6 heteroatoms. The molecular formula is C7H5F3N2O. The third kappa shape index (κ3) is 1.77. The van der Waals surface area contributed by atoms with Gasteiger partial charge in [-0.2, -0.15) is 18.3 Å². The van der Waals surface area contributed by atoms with Gasteiger partial charge in [0.15, 0.2) is 5.69 Å². The van der Waals surface area contributed by atoms with Gasteiger partial charge in [-0.15, -0.1) is 5.10 Å². The van der Waals surface area contributed by atoms with E-state index in [0.29, 0.717) is 12.3 Å². The molecule has 1 aliphatic heterocycles. The van der Waals surface area contributed by atoms with Gasteiger partial charge in [0.05, 0.1) is 12.3 Å². The molecule has 1 fully saturated rings. The van der Waals surface area contributed by atoms with Crippen LogP contribution in [-0.4, -0.2) is 16.8 Å². The molecule has 0 amide bonds. The number of rotatable bonds is 1. The molecule has 70 valence electrons. The fourth-order valence-electron chi connectivity index (χ4n) is 0.884. The van der Waals surface area contributed by atoms with Crippen molar-refractivity contribution in [2.45, 2.75) is 12.3 Å². The maximum Gasteiger partial charge on any atom is 0.435 e. The number of aromatic nitrogens is 2. The first-order valence-electron chi connectivity index (χ1n) is 3.60. The van der Waals surface area contributed by atoms with E-state index in [2.05, 4.69) is 10.2 Å². The number of nitrogens with zero attached hydrogens (tertiary/aromatic N) is 2. The summed E-state index contributed by atoms with van der Waals surface area (Å²) in [4.78, 5) is 0. The van der Waals surface area contributed by atoms with Crippen molar-refractivity contribution in [1.82, 2.24) is 10.2 Å². The minimum atomic E-state index is -4.42. The van der Waals surface area contributed by atoms with Crippen LogP contribution in [0.1, 0.15) is 17.5 Å². The van der Waals surface area contributed by atoms with Gasteiger partial charge in [-0.1, -0.05) is 0 Å². The SMILES string of the molecule is FC(F)(F)c1ccc(C2CO2)nn1. The lowest BCUT2D eigenvalue weighted by atomic mass is 10.3. The lowest BCUT2D eigenvalue weighted by Crippen LogP contribution is -2.09. The van der Waals surface area contributed by atoms with Crippen molar-refractivity contribution in [2.75, 3.05) is 6.61 Å². The van der Waals surface area contributed by atoms with E-state index in [1.165, 1.54) is 6.07 Å². The molecule has 0 radical (unpaired) electrons. The molecule has 13 heavy (non-hydrogen) atoms. The first kappa shape index (κ1) is 8.43. The Bertz CT molecular complexity index is 305. The van der Waals surface area contributed by atoms with E-state index in [1.807, 2.05) is 0 Å². The van der Waals surface area contributed by atoms with Crippen LogP contribution >= 0.6 is 0 Å². The second-order valence-electron chi connectivity index (χ2n) is 2.66. The van der Waals surface area contributed by atoms with Gasteiger partial charge in [-0.3, -0.25) is 0 Å². The number of hydrogen-bond donors (Lipinski definition) is 0. The number of ether oxygens (including phenoxy) is 1. The minimum absolute atomic E-state index is 0.158. The summed E-state index contributed by atoms with van der Waals surface area (Å²) in [6.07, 6.45) is -4.58. The highest BCUT2D eigenvalue weighted by molar-refractivity contribution is 5.13. The van der Waals surface area contributed by atoms with E-state index in [1.54, 1.807) is 0 Å². The number of halogens is 3. The molecule has 2 heterocycles. The monoisotopic (exact) mass is 190 g/mol. The third-order valence-electron chi connectivity index (χ3n) is 1.64. The van der Waals surface area contributed by atoms with Crippen LogP contribution in [0.25, 0.3) is 0 Å². The van der Waals surface area contributed by atoms with E-state index >= 15 is 0 Å². The summed E-state index contributed by atoms with van der Waals surface area (Å²) in [6, 6.07) is 2.19. The Kier molecular flexibility index (Phi) is 1.73. The van der Waals surface area contributed by atoms with E-state index < -0.39 is 11.9 Å². The fourth-order valence-corrected chi connectivity index (χ4v) is 0.884. The normalized spacial score (nSPS) is 21.6. The van der Waals surface area contributed by atoms with Crippen LogP contribution in [0.4, 0.5) is 13.2 Å². The summed E-state index contributed by atoms with van der Waals surface area (Å²) >= 11 is 0. The average Bonchev–Trinajstić information content (AvgIpc) is 2.85. The highest BCUT2D eigenvalue weighted by atomic mass is 19.4. The molecule has 0 spiro atoms. The van der Waals surface area contributed by atoms with Gasteiger partial charge in [-0.25, -0.2) is 0 Å². The van der Waals surface area contributed by atoms with E-state index in [4.69, 9.17) is 4.74 Å². The predicted molar refractivity (Wildman–Crippen MR) is 35.7 cm³/mol. The van der Waals surface area contributed by atoms with Gasteiger partial charge < -0.3 is 4.74 Å². The highest BCUT2D eigenvalue weighted by Gasteiger charge is 2.34. The molecule has 0 bridgehead atoms. The standard InChI is InChI=1S/C7H5F3N2O/c8-7(9,10)6-2-1-4(11-12-6)5-3-13-5/h1-2,5H,3H2. The van der Waals surface area contributed by atoms with Gasteiger partial charge in [0, 0.05) is 0 Å². The Hall–Kier alpha value is -1.17. The molecule has 1 saturated heterocycles. The first-order chi connectivity index (χ1) is 6.07. The van der Waals surface area contributed by atoms with Crippen LogP contribution < -0.4 is 0 Å². The van der Waals surface area contributed by atoms with E-state index in [0.717, 1.165) is 6.07 Å². The first-order valence-corrected chi connectivity index (χ1v) is 3.60. The molecule has 0 N–H and O–H groups in total. The molecule has 1 aromatic heterocycles. The number of alkyl halides is 3. The van der Waals surface area contributed by atoms with Crippen LogP contribution in [0.3, 0.4) is 0 Å². The molecule has 0 aromatic carbocycles. The minimum Gasteiger partial charge on any atom is -0.366 e. The van der Waals surface area contributed by atoms with Gasteiger partial charge in [0.1, 0.15) is 6.10 Å². The summed E-state index contributed by atoms with van der Waals surface area (Å²) in [5, 5.41) is 6.47. The number of hydrogen-bond acceptors (Lipinski definition) is 3. The van der Waals surface area contributed by atoms with Crippen molar-refractivity contribution in [1.29, 1.82) is 0 Å². The molecule has 3 nitrogen and oxygen atoms in total. The Morgan fingerprint density at radius 2 is 2.00 bits per heavy atom. The lowest BCUT2D eigenvalue weighted by molar-refractivity contribution is -0.141. The summed E-state index contributed by atoms with van der Waals surface area (Å²) in [6.45, 7) is 0.514. The van der Waals surface area contributed by atoms with Crippen molar-refractivity contribution < 1.29 is 17.9 Å². The van der Waals surface area contributed by atoms with Crippen LogP contribution in [0.15, 0.2) is 12.1 Å². The maximum absolute atomic E-state index is 12.0. The Labute approximate surface area is 71.5 Å². The highest BCUT2D eigenvalue weighted by Crippen LogP contribution is 2.30. The Morgan fingerprint density at radius 3 is 2.38 bits per heavy atom. The van der Waals surface area contributed by atoms with Gasteiger partial charge in [-0.05, 0) is 12.1 Å². The lowest BCUT2D eigenvalue weighted by Gasteiger charge is -2.03. The van der Waals surface area contributed by atoms with Crippen LogP contribution in [0.5, 0.6) is 0 Å². The Morgan fingerprint density at radius 1 is 1.31 bits per heavy atom. The fraction of sp³-hybridized carbons (Fsp3) is 0.429. The third-order valence-corrected chi connectivity index (χ3v) is 1.64. The van der Waals surface area contributed by atoms with Gasteiger partial charge in [0.2, 0.25) is 0 Å². The van der Waals surface area contributed by atoms with Crippen molar-refractivity contribution in [3.05, 3.63) is 23.5 Å². The van der Waals surface area contributed by atoms with Crippen molar-refractivity contribution in [3.63, 3.8) is 0 Å². The topological polar surface area (TPSA) is 38.3 Å². The molecular weight excluding hydrogens is 185 g/mol. The van der Waals surface area contributed by atoms with E-state index in [9.17, 15) is 13.2 Å². The smallest absolute Gasteiger partial charge is 0.366 e. The van der Waals surface area contributed by atoms with Crippen molar-refractivity contribution in [3.8, 4) is 0 Å². The molecule has 1 aliphatic rings. The predicted octanol–water partition coefficient (Wildman–Crippen LogP) is 1.57. The van der Waals surface area contributed by atoms with Crippen LogP contribution in [-0.2, 0) is 10.9 Å². The largest absolute Gasteiger partial charge is 0.435 e. The molecule has 2 rings (SSSR count). The Balaban J connectivity index is 2.22. The van der Waals surface area contributed by atoms with Gasteiger partial charge in [0.25, 0.3) is 0 Å². The second kappa shape index (κ2) is 2.66. The molecule has 1 unspecified atom stereocenters. The molecule has 0 saturated carbocycles.